The zero-order valence-corrected chi connectivity index (χ0v) is 14.2. The Morgan fingerprint density at radius 1 is 1.26 bits per heavy atom. The lowest BCUT2D eigenvalue weighted by Crippen LogP contribution is -2.38. The minimum Gasteiger partial charge on any atom is -0.396 e. The molecule has 124 valence electrons. The fourth-order valence-electron chi connectivity index (χ4n) is 2.36. The maximum atomic E-state index is 12.2. The Kier molecular flexibility index (Phi) is 5.55. The highest BCUT2D eigenvalue weighted by molar-refractivity contribution is 5.94. The van der Waals surface area contributed by atoms with E-state index in [0.29, 0.717) is 12.1 Å². The Morgan fingerprint density at radius 3 is 2.43 bits per heavy atom. The summed E-state index contributed by atoms with van der Waals surface area (Å²) in [5.74, 6) is -0.0836. The Hall–Kier alpha value is -2.14. The number of aliphatic hydroxyl groups excluding tert-OH is 1. The molecule has 0 spiro atoms. The van der Waals surface area contributed by atoms with Crippen LogP contribution >= 0.6 is 0 Å². The second kappa shape index (κ2) is 7.42. The minimum atomic E-state index is -0.115. The van der Waals surface area contributed by atoms with E-state index in [1.54, 1.807) is 0 Å². The van der Waals surface area contributed by atoms with E-state index in [-0.39, 0.29) is 24.5 Å². The molecule has 5 heteroatoms. The average molecular weight is 315 g/mol. The molecule has 0 aliphatic carbocycles. The molecule has 0 fully saturated rings. The molecule has 0 radical (unpaired) electrons. The summed E-state index contributed by atoms with van der Waals surface area (Å²) in [4.78, 5) is 12.2. The van der Waals surface area contributed by atoms with Crippen molar-refractivity contribution < 1.29 is 9.90 Å². The molecule has 2 aromatic rings. The molecule has 23 heavy (non-hydrogen) atoms. The number of rotatable bonds is 6. The van der Waals surface area contributed by atoms with Gasteiger partial charge in [0.1, 0.15) is 0 Å². The molecule has 1 aromatic carbocycles. The van der Waals surface area contributed by atoms with E-state index >= 15 is 0 Å². The zero-order chi connectivity index (χ0) is 17.0. The van der Waals surface area contributed by atoms with Gasteiger partial charge in [-0.2, -0.15) is 5.10 Å². The van der Waals surface area contributed by atoms with Crippen molar-refractivity contribution in [3.63, 3.8) is 0 Å². The van der Waals surface area contributed by atoms with Gasteiger partial charge in [-0.05, 0) is 50.5 Å². The number of aromatic nitrogens is 2. The molecule has 1 aromatic heterocycles. The van der Waals surface area contributed by atoms with Crippen LogP contribution < -0.4 is 5.32 Å². The first-order valence-corrected chi connectivity index (χ1v) is 7.92. The molecule has 2 unspecified atom stereocenters. The molecule has 2 atom stereocenters. The van der Waals surface area contributed by atoms with Gasteiger partial charge in [-0.1, -0.05) is 19.1 Å². The van der Waals surface area contributed by atoms with Gasteiger partial charge in [-0.25, -0.2) is 0 Å². The van der Waals surface area contributed by atoms with Crippen LogP contribution in [0.5, 0.6) is 0 Å². The van der Waals surface area contributed by atoms with Crippen LogP contribution in [0.1, 0.15) is 41.2 Å². The van der Waals surface area contributed by atoms with Crippen molar-refractivity contribution in [2.45, 2.75) is 40.3 Å². The van der Waals surface area contributed by atoms with Crippen LogP contribution in [0, 0.1) is 19.8 Å². The highest BCUT2D eigenvalue weighted by atomic mass is 16.3. The largest absolute Gasteiger partial charge is 0.396 e. The Bertz CT molecular complexity index is 661. The average Bonchev–Trinajstić information content (AvgIpc) is 2.84. The number of aliphatic hydroxyl groups is 1. The molecule has 1 amide bonds. The fraction of sp³-hybridized carbons (Fsp3) is 0.444. The van der Waals surface area contributed by atoms with Crippen LogP contribution in [0.3, 0.4) is 0 Å². The number of aryl methyl sites for hydroxylation is 2. The van der Waals surface area contributed by atoms with Gasteiger partial charge in [-0.3, -0.25) is 9.48 Å². The molecule has 0 bridgehead atoms. The second-order valence-corrected chi connectivity index (χ2v) is 6.20. The van der Waals surface area contributed by atoms with E-state index in [1.807, 2.05) is 62.7 Å². The molecule has 0 aliphatic heterocycles. The van der Waals surface area contributed by atoms with E-state index < -0.39 is 0 Å². The topological polar surface area (TPSA) is 67.2 Å². The zero-order valence-electron chi connectivity index (χ0n) is 14.2. The highest BCUT2D eigenvalue weighted by Gasteiger charge is 2.15. The van der Waals surface area contributed by atoms with Crippen molar-refractivity contribution in [1.29, 1.82) is 0 Å². The second-order valence-electron chi connectivity index (χ2n) is 6.20. The van der Waals surface area contributed by atoms with E-state index in [2.05, 4.69) is 10.4 Å². The van der Waals surface area contributed by atoms with Gasteiger partial charge in [0.05, 0.1) is 12.2 Å². The maximum Gasteiger partial charge on any atom is 0.251 e. The molecule has 2 N–H and O–H groups in total. The third-order valence-electron chi connectivity index (χ3n) is 4.15. The number of amides is 1. The van der Waals surface area contributed by atoms with Gasteiger partial charge >= 0.3 is 0 Å². The predicted octanol–water partition coefficient (Wildman–Crippen LogP) is 2.29. The molecular formula is C18H25N3O2. The number of nitrogens with one attached hydrogen (secondary N) is 1. The summed E-state index contributed by atoms with van der Waals surface area (Å²) >= 11 is 0. The molecule has 2 rings (SSSR count). The molecule has 0 saturated heterocycles. The fourth-order valence-corrected chi connectivity index (χ4v) is 2.36. The lowest BCUT2D eigenvalue weighted by Gasteiger charge is -2.19. The number of hydrogen-bond acceptors (Lipinski definition) is 3. The number of nitrogens with zero attached hydrogens (tertiary/aromatic N) is 2. The van der Waals surface area contributed by atoms with E-state index in [0.717, 1.165) is 17.0 Å². The molecule has 0 aliphatic rings. The van der Waals surface area contributed by atoms with Crippen molar-refractivity contribution in [3.05, 3.63) is 52.8 Å². The molecular weight excluding hydrogens is 290 g/mol. The first kappa shape index (κ1) is 17.2. The third kappa shape index (κ3) is 4.42. The quantitative estimate of drug-likeness (QED) is 0.859. The molecule has 5 nitrogen and oxygen atoms in total. The summed E-state index contributed by atoms with van der Waals surface area (Å²) < 4.78 is 1.95. The Labute approximate surface area is 137 Å². The summed E-state index contributed by atoms with van der Waals surface area (Å²) in [7, 11) is 0. The van der Waals surface area contributed by atoms with Gasteiger partial charge < -0.3 is 10.4 Å². The van der Waals surface area contributed by atoms with Crippen molar-refractivity contribution in [2.75, 3.05) is 6.61 Å². The van der Waals surface area contributed by atoms with E-state index in [1.165, 1.54) is 0 Å². The predicted molar refractivity (Wildman–Crippen MR) is 90.4 cm³/mol. The molecule has 0 saturated carbocycles. The first-order chi connectivity index (χ1) is 10.9. The SMILES string of the molecule is Cc1cc(C)n(Cc2ccc(C(=O)NC(C)C(C)CO)cc2)n1. The summed E-state index contributed by atoms with van der Waals surface area (Å²) in [6, 6.07) is 9.53. The number of benzene rings is 1. The van der Waals surface area contributed by atoms with Gasteiger partial charge in [0.25, 0.3) is 5.91 Å². The van der Waals surface area contributed by atoms with Crippen LogP contribution in [-0.4, -0.2) is 33.4 Å². The van der Waals surface area contributed by atoms with Gasteiger partial charge in [0.15, 0.2) is 0 Å². The van der Waals surface area contributed by atoms with Crippen molar-refractivity contribution in [2.24, 2.45) is 5.92 Å². The normalized spacial score (nSPS) is 13.6. The van der Waals surface area contributed by atoms with Crippen LogP contribution in [0.4, 0.5) is 0 Å². The van der Waals surface area contributed by atoms with Crippen molar-refractivity contribution in [3.8, 4) is 0 Å². The molecule has 1 heterocycles. The lowest BCUT2D eigenvalue weighted by molar-refractivity contribution is 0.0916. The van der Waals surface area contributed by atoms with E-state index in [9.17, 15) is 4.79 Å². The number of hydrogen-bond donors (Lipinski definition) is 2. The maximum absolute atomic E-state index is 12.2. The monoisotopic (exact) mass is 315 g/mol. The Balaban J connectivity index is 2.01. The van der Waals surface area contributed by atoms with E-state index in [4.69, 9.17) is 5.11 Å². The van der Waals surface area contributed by atoms with Crippen LogP contribution in [0.2, 0.25) is 0 Å². The number of carbonyl (C=O) groups is 1. The highest BCUT2D eigenvalue weighted by Crippen LogP contribution is 2.10. The number of carbonyl (C=O) groups excluding carboxylic acids is 1. The standard InChI is InChI=1S/C18H25N3O2/c1-12(11-22)15(4)19-18(23)17-7-5-16(6-8-17)10-21-14(3)9-13(2)20-21/h5-9,12,15,22H,10-11H2,1-4H3,(H,19,23). The smallest absolute Gasteiger partial charge is 0.251 e. The van der Waals surface area contributed by atoms with Crippen LogP contribution in [0.25, 0.3) is 0 Å². The van der Waals surface area contributed by atoms with Crippen molar-refractivity contribution >= 4 is 5.91 Å². The van der Waals surface area contributed by atoms with Gasteiger partial charge in [0, 0.05) is 23.9 Å². The third-order valence-corrected chi connectivity index (χ3v) is 4.15. The first-order valence-electron chi connectivity index (χ1n) is 7.92. The minimum absolute atomic E-state index is 0.0317. The summed E-state index contributed by atoms with van der Waals surface area (Å²) in [6.07, 6.45) is 0. The van der Waals surface area contributed by atoms with Crippen molar-refractivity contribution in [1.82, 2.24) is 15.1 Å². The lowest BCUT2D eigenvalue weighted by atomic mass is 10.0. The summed E-state index contributed by atoms with van der Waals surface area (Å²) in [5, 5.41) is 16.5. The van der Waals surface area contributed by atoms with Crippen LogP contribution in [-0.2, 0) is 6.54 Å². The summed E-state index contributed by atoms with van der Waals surface area (Å²) in [5.41, 5.74) is 3.85. The van der Waals surface area contributed by atoms with Gasteiger partial charge in [-0.15, -0.1) is 0 Å². The summed E-state index contributed by atoms with van der Waals surface area (Å²) in [6.45, 7) is 8.57. The van der Waals surface area contributed by atoms with Crippen LogP contribution in [0.15, 0.2) is 30.3 Å². The Morgan fingerprint density at radius 2 is 1.91 bits per heavy atom. The van der Waals surface area contributed by atoms with Gasteiger partial charge in [0.2, 0.25) is 0 Å².